The normalized spacial score (nSPS) is 32.2. The van der Waals surface area contributed by atoms with Gasteiger partial charge in [0.1, 0.15) is 6.29 Å². The summed E-state index contributed by atoms with van der Waals surface area (Å²) in [6.07, 6.45) is 6.51. The van der Waals surface area contributed by atoms with Crippen molar-refractivity contribution in [3.05, 3.63) is 34.4 Å². The molecule has 0 aromatic heterocycles. The van der Waals surface area contributed by atoms with Crippen LogP contribution in [0.25, 0.3) is 0 Å². The highest BCUT2D eigenvalue weighted by molar-refractivity contribution is 5.96. The van der Waals surface area contributed by atoms with E-state index in [2.05, 4.69) is 39.8 Å². The van der Waals surface area contributed by atoms with Crippen LogP contribution in [0.4, 0.5) is 0 Å². The minimum atomic E-state index is -0.224. The summed E-state index contributed by atoms with van der Waals surface area (Å²) >= 11 is 0. The van der Waals surface area contributed by atoms with E-state index in [0.717, 1.165) is 37.7 Å². The first-order valence-electron chi connectivity index (χ1n) is 9.37. The molecule has 24 heavy (non-hydrogen) atoms. The molecule has 0 saturated heterocycles. The van der Waals surface area contributed by atoms with Crippen molar-refractivity contribution in [1.82, 2.24) is 0 Å². The third kappa shape index (κ3) is 2.46. The van der Waals surface area contributed by atoms with Crippen molar-refractivity contribution in [2.75, 3.05) is 0 Å². The Morgan fingerprint density at radius 2 is 1.96 bits per heavy atom. The van der Waals surface area contributed by atoms with Crippen LogP contribution in [0.5, 0.6) is 0 Å². The molecule has 2 aliphatic carbocycles. The zero-order chi connectivity index (χ0) is 17.7. The third-order valence-corrected chi connectivity index (χ3v) is 6.84. The lowest BCUT2D eigenvalue weighted by atomic mass is 9.50. The van der Waals surface area contributed by atoms with Crippen LogP contribution in [0.1, 0.15) is 93.3 Å². The van der Waals surface area contributed by atoms with Gasteiger partial charge in [0.25, 0.3) is 0 Å². The Hall–Kier alpha value is -1.44. The largest absolute Gasteiger partial charge is 0.303 e. The van der Waals surface area contributed by atoms with Crippen LogP contribution in [-0.4, -0.2) is 12.1 Å². The van der Waals surface area contributed by atoms with Gasteiger partial charge < -0.3 is 4.79 Å². The standard InChI is InChI=1S/C22H30O2/c1-14(2)17-11-16-7-8-20-21(4,13-23)9-6-10-22(20,5)19(16)12-18(17)15(3)24/h11-14,20H,6-10H2,1-5H3. The van der Waals surface area contributed by atoms with E-state index < -0.39 is 0 Å². The topological polar surface area (TPSA) is 34.1 Å². The van der Waals surface area contributed by atoms with Crippen LogP contribution in [0.2, 0.25) is 0 Å². The fraction of sp³-hybridized carbons (Fsp3) is 0.636. The predicted molar refractivity (Wildman–Crippen MR) is 97.7 cm³/mol. The number of carbonyl (C=O) groups is 2. The van der Waals surface area contributed by atoms with Gasteiger partial charge >= 0.3 is 0 Å². The molecule has 0 amide bonds. The van der Waals surface area contributed by atoms with Crippen molar-refractivity contribution in [2.45, 2.75) is 78.1 Å². The fourth-order valence-electron chi connectivity index (χ4n) is 5.51. The van der Waals surface area contributed by atoms with Gasteiger partial charge in [-0.25, -0.2) is 0 Å². The summed E-state index contributed by atoms with van der Waals surface area (Å²) in [6, 6.07) is 4.46. The molecule has 3 rings (SSSR count). The Morgan fingerprint density at radius 3 is 2.54 bits per heavy atom. The molecule has 0 heterocycles. The molecule has 1 aromatic rings. The number of fused-ring (bicyclic) bond motifs is 3. The molecule has 2 nitrogen and oxygen atoms in total. The van der Waals surface area contributed by atoms with Gasteiger partial charge in [0, 0.05) is 11.0 Å². The fourth-order valence-corrected chi connectivity index (χ4v) is 5.51. The first-order chi connectivity index (χ1) is 11.2. The summed E-state index contributed by atoms with van der Waals surface area (Å²) < 4.78 is 0. The van der Waals surface area contributed by atoms with Gasteiger partial charge in [-0.05, 0) is 72.6 Å². The molecule has 0 radical (unpaired) electrons. The second kappa shape index (κ2) is 5.82. The Kier molecular flexibility index (Phi) is 4.22. The molecular formula is C22H30O2. The maximum absolute atomic E-state index is 12.2. The highest BCUT2D eigenvalue weighted by Crippen LogP contribution is 2.56. The van der Waals surface area contributed by atoms with Crippen molar-refractivity contribution in [2.24, 2.45) is 11.3 Å². The number of ketones is 1. The Labute approximate surface area is 146 Å². The molecule has 1 fully saturated rings. The van der Waals surface area contributed by atoms with Crippen LogP contribution in [0.3, 0.4) is 0 Å². The van der Waals surface area contributed by atoms with Crippen LogP contribution in [-0.2, 0) is 16.6 Å². The van der Waals surface area contributed by atoms with E-state index in [-0.39, 0.29) is 16.6 Å². The van der Waals surface area contributed by atoms with Crippen molar-refractivity contribution in [3.8, 4) is 0 Å². The van der Waals surface area contributed by atoms with Crippen molar-refractivity contribution < 1.29 is 9.59 Å². The van der Waals surface area contributed by atoms with Crippen LogP contribution >= 0.6 is 0 Å². The summed E-state index contributed by atoms with van der Waals surface area (Å²) in [4.78, 5) is 24.1. The van der Waals surface area contributed by atoms with Crippen molar-refractivity contribution >= 4 is 12.1 Å². The van der Waals surface area contributed by atoms with E-state index in [4.69, 9.17) is 0 Å². The van der Waals surface area contributed by atoms with Gasteiger partial charge in [-0.2, -0.15) is 0 Å². The number of aldehydes is 1. The summed E-state index contributed by atoms with van der Waals surface area (Å²) in [5.41, 5.74) is 4.58. The van der Waals surface area contributed by atoms with Gasteiger partial charge in [0.2, 0.25) is 0 Å². The number of carbonyl (C=O) groups excluding carboxylic acids is 2. The lowest BCUT2D eigenvalue weighted by Gasteiger charge is -2.53. The number of hydrogen-bond acceptors (Lipinski definition) is 2. The van der Waals surface area contributed by atoms with E-state index in [9.17, 15) is 9.59 Å². The number of hydrogen-bond donors (Lipinski definition) is 0. The molecule has 3 atom stereocenters. The van der Waals surface area contributed by atoms with Gasteiger partial charge in [-0.1, -0.05) is 40.2 Å². The lowest BCUT2D eigenvalue weighted by molar-refractivity contribution is -0.123. The SMILES string of the molecule is CC(=O)c1cc2c(cc1C(C)C)CCC1C(C)(C=O)CCCC21C. The van der Waals surface area contributed by atoms with Gasteiger partial charge in [-0.15, -0.1) is 0 Å². The molecule has 0 aliphatic heterocycles. The summed E-state index contributed by atoms with van der Waals surface area (Å²) in [5, 5.41) is 0. The Morgan fingerprint density at radius 1 is 1.25 bits per heavy atom. The van der Waals surface area contributed by atoms with E-state index in [1.807, 2.05) is 0 Å². The average Bonchev–Trinajstić information content (AvgIpc) is 2.53. The van der Waals surface area contributed by atoms with Crippen LogP contribution < -0.4 is 0 Å². The maximum Gasteiger partial charge on any atom is 0.160 e. The monoisotopic (exact) mass is 326 g/mol. The molecule has 3 unspecified atom stereocenters. The second-order valence-electron chi connectivity index (χ2n) is 8.79. The van der Waals surface area contributed by atoms with Crippen LogP contribution in [0.15, 0.2) is 12.1 Å². The first kappa shape index (κ1) is 17.4. The molecule has 2 aliphatic rings. The number of Topliss-reactive ketones (excluding diaryl/α,β-unsaturated/α-hetero) is 1. The maximum atomic E-state index is 12.2. The number of benzene rings is 1. The van der Waals surface area contributed by atoms with Crippen molar-refractivity contribution in [1.29, 1.82) is 0 Å². The summed E-state index contributed by atoms with van der Waals surface area (Å²) in [5.74, 6) is 0.890. The third-order valence-electron chi connectivity index (χ3n) is 6.84. The molecule has 2 heteroatoms. The average molecular weight is 326 g/mol. The zero-order valence-corrected chi connectivity index (χ0v) is 15.7. The zero-order valence-electron chi connectivity index (χ0n) is 15.7. The predicted octanol–water partition coefficient (Wildman–Crippen LogP) is 5.22. The molecule has 0 bridgehead atoms. The smallest absolute Gasteiger partial charge is 0.160 e. The van der Waals surface area contributed by atoms with E-state index in [1.165, 1.54) is 23.0 Å². The minimum Gasteiger partial charge on any atom is -0.303 e. The summed E-state index contributed by atoms with van der Waals surface area (Å²) in [6.45, 7) is 10.5. The Balaban J connectivity index is 2.19. The first-order valence-corrected chi connectivity index (χ1v) is 9.37. The van der Waals surface area contributed by atoms with Gasteiger partial charge in [0.15, 0.2) is 5.78 Å². The highest BCUT2D eigenvalue weighted by atomic mass is 16.1. The van der Waals surface area contributed by atoms with E-state index in [1.54, 1.807) is 6.92 Å². The van der Waals surface area contributed by atoms with E-state index >= 15 is 0 Å². The second-order valence-corrected chi connectivity index (χ2v) is 8.79. The molecule has 0 spiro atoms. The summed E-state index contributed by atoms with van der Waals surface area (Å²) in [7, 11) is 0. The molecular weight excluding hydrogens is 296 g/mol. The number of aryl methyl sites for hydroxylation is 1. The van der Waals surface area contributed by atoms with Gasteiger partial charge in [0.05, 0.1) is 0 Å². The van der Waals surface area contributed by atoms with Gasteiger partial charge in [-0.3, -0.25) is 4.79 Å². The molecule has 1 saturated carbocycles. The molecule has 130 valence electrons. The van der Waals surface area contributed by atoms with Crippen molar-refractivity contribution in [3.63, 3.8) is 0 Å². The lowest BCUT2D eigenvalue weighted by Crippen LogP contribution is -2.49. The molecule has 1 aromatic carbocycles. The van der Waals surface area contributed by atoms with Crippen LogP contribution in [0, 0.1) is 11.3 Å². The molecule has 0 N–H and O–H groups in total. The van der Waals surface area contributed by atoms with E-state index in [0.29, 0.717) is 11.8 Å². The Bertz CT molecular complexity index is 687. The highest BCUT2D eigenvalue weighted by Gasteiger charge is 2.51. The number of rotatable bonds is 3. The minimum absolute atomic E-state index is 0.0151. The quantitative estimate of drug-likeness (QED) is 0.563.